The summed E-state index contributed by atoms with van der Waals surface area (Å²) in [5, 5.41) is 0. The van der Waals surface area contributed by atoms with Crippen molar-refractivity contribution >= 4 is 35.2 Å². The first-order chi connectivity index (χ1) is 19.6. The molecule has 0 aliphatic carbocycles. The lowest BCUT2D eigenvalue weighted by Gasteiger charge is -2.39. The van der Waals surface area contributed by atoms with Gasteiger partial charge in [0.2, 0.25) is 5.91 Å². The van der Waals surface area contributed by atoms with E-state index in [2.05, 4.69) is 0 Å². The monoisotopic (exact) mass is 581 g/mol. The number of alkyl halides is 1. The zero-order valence-corrected chi connectivity index (χ0v) is 24.0. The molecule has 8 nitrogen and oxygen atoms in total. The molecule has 216 valence electrons. The number of amides is 3. The Morgan fingerprint density at radius 3 is 1.98 bits per heavy atom. The summed E-state index contributed by atoms with van der Waals surface area (Å²) in [6.07, 6.45) is -0.448. The van der Waals surface area contributed by atoms with Crippen molar-refractivity contribution in [3.63, 3.8) is 0 Å². The zero-order valence-electron chi connectivity index (χ0n) is 23.3. The summed E-state index contributed by atoms with van der Waals surface area (Å²) in [7, 11) is 0. The van der Waals surface area contributed by atoms with Crippen LogP contribution in [0.2, 0.25) is 0 Å². The summed E-state index contributed by atoms with van der Waals surface area (Å²) in [6.45, 7) is 6.39. The fourth-order valence-corrected chi connectivity index (χ4v) is 4.59. The van der Waals surface area contributed by atoms with Gasteiger partial charge in [-0.3, -0.25) is 14.5 Å². The number of carbonyl (C=O) groups is 3. The molecule has 1 saturated heterocycles. The molecule has 0 N–H and O–H groups in total. The van der Waals surface area contributed by atoms with Crippen molar-refractivity contribution in [3.05, 3.63) is 90.2 Å². The Hall–Kier alpha value is -4.11. The van der Waals surface area contributed by atoms with E-state index < -0.39 is 29.5 Å². The minimum absolute atomic E-state index is 0.239. The normalized spacial score (nSPS) is 14.3. The highest BCUT2D eigenvalue weighted by atomic mass is 35.5. The maximum Gasteiger partial charge on any atom is 0.410 e. The third-order valence-electron chi connectivity index (χ3n) is 6.40. The van der Waals surface area contributed by atoms with Gasteiger partial charge in [0.15, 0.2) is 0 Å². The van der Waals surface area contributed by atoms with Crippen molar-refractivity contribution in [1.82, 2.24) is 9.80 Å². The Balaban J connectivity index is 1.61. The number of halogens is 2. The van der Waals surface area contributed by atoms with E-state index in [9.17, 15) is 18.8 Å². The quantitative estimate of drug-likeness (QED) is 0.319. The van der Waals surface area contributed by atoms with Gasteiger partial charge in [-0.05, 0) is 74.9 Å². The predicted octanol–water partition coefficient (Wildman–Crippen LogP) is 6.01. The maximum atomic E-state index is 14.1. The minimum Gasteiger partial charge on any atom is -0.457 e. The molecule has 3 aromatic carbocycles. The van der Waals surface area contributed by atoms with Crippen LogP contribution in [0.1, 0.15) is 32.4 Å². The number of anilines is 1. The fraction of sp³-hybridized carbons (Fsp3) is 0.323. The third kappa shape index (κ3) is 7.76. The summed E-state index contributed by atoms with van der Waals surface area (Å²) in [5.41, 5.74) is 0.210. The summed E-state index contributed by atoms with van der Waals surface area (Å²) in [5.74, 6) is -0.523. The van der Waals surface area contributed by atoms with Crippen LogP contribution in [0.5, 0.6) is 11.5 Å². The number of hydrogen-bond donors (Lipinski definition) is 0. The van der Waals surface area contributed by atoms with E-state index in [1.807, 2.05) is 30.3 Å². The fourth-order valence-electron chi connectivity index (χ4n) is 4.46. The zero-order chi connectivity index (χ0) is 29.6. The molecular weight excluding hydrogens is 549 g/mol. The highest BCUT2D eigenvalue weighted by Crippen LogP contribution is 2.32. The molecule has 1 heterocycles. The lowest BCUT2D eigenvalue weighted by molar-refractivity contribution is -0.136. The summed E-state index contributed by atoms with van der Waals surface area (Å²) in [4.78, 5) is 44.3. The van der Waals surface area contributed by atoms with E-state index >= 15 is 0 Å². The van der Waals surface area contributed by atoms with Gasteiger partial charge in [-0.2, -0.15) is 0 Å². The Kier molecular flexibility index (Phi) is 9.50. The molecule has 3 amide bonds. The summed E-state index contributed by atoms with van der Waals surface area (Å²) < 4.78 is 25.2. The van der Waals surface area contributed by atoms with Gasteiger partial charge in [0.25, 0.3) is 5.91 Å². The lowest BCUT2D eigenvalue weighted by atomic mass is 10.0. The summed E-state index contributed by atoms with van der Waals surface area (Å²) in [6, 6.07) is 20.3. The van der Waals surface area contributed by atoms with Crippen LogP contribution in [0.3, 0.4) is 0 Å². The molecule has 0 unspecified atom stereocenters. The third-order valence-corrected chi connectivity index (χ3v) is 6.63. The van der Waals surface area contributed by atoms with Gasteiger partial charge < -0.3 is 19.3 Å². The predicted molar refractivity (Wildman–Crippen MR) is 155 cm³/mol. The van der Waals surface area contributed by atoms with Crippen LogP contribution in [-0.2, 0) is 14.3 Å². The summed E-state index contributed by atoms with van der Waals surface area (Å²) >= 11 is 6.03. The van der Waals surface area contributed by atoms with Gasteiger partial charge in [0.05, 0.1) is 0 Å². The van der Waals surface area contributed by atoms with E-state index in [1.54, 1.807) is 54.8 Å². The second kappa shape index (κ2) is 13.0. The van der Waals surface area contributed by atoms with E-state index in [-0.39, 0.29) is 38.0 Å². The highest BCUT2D eigenvalue weighted by molar-refractivity contribution is 6.29. The molecule has 10 heteroatoms. The second-order valence-electron chi connectivity index (χ2n) is 10.6. The molecule has 0 bridgehead atoms. The van der Waals surface area contributed by atoms with E-state index in [0.29, 0.717) is 22.7 Å². The molecule has 0 saturated carbocycles. The maximum absolute atomic E-state index is 14.1. The molecule has 4 rings (SSSR count). The second-order valence-corrected chi connectivity index (χ2v) is 10.8. The topological polar surface area (TPSA) is 79.4 Å². The number of carbonyl (C=O) groups excluding carboxylic acids is 3. The minimum atomic E-state index is -1.11. The van der Waals surface area contributed by atoms with Crippen molar-refractivity contribution in [3.8, 4) is 11.5 Å². The van der Waals surface area contributed by atoms with Crippen molar-refractivity contribution in [2.24, 2.45) is 0 Å². The van der Waals surface area contributed by atoms with Crippen LogP contribution >= 0.6 is 11.6 Å². The van der Waals surface area contributed by atoms with Crippen LogP contribution in [0.25, 0.3) is 0 Å². The van der Waals surface area contributed by atoms with Crippen molar-refractivity contribution < 1.29 is 28.2 Å². The lowest BCUT2D eigenvalue weighted by Crippen LogP contribution is -2.54. The van der Waals surface area contributed by atoms with Crippen molar-refractivity contribution in [2.45, 2.75) is 32.4 Å². The molecule has 0 radical (unpaired) electrons. The average molecular weight is 582 g/mol. The molecule has 41 heavy (non-hydrogen) atoms. The van der Waals surface area contributed by atoms with Gasteiger partial charge in [-0.1, -0.05) is 30.3 Å². The largest absolute Gasteiger partial charge is 0.457 e. The number of piperazine rings is 1. The van der Waals surface area contributed by atoms with Gasteiger partial charge >= 0.3 is 6.09 Å². The van der Waals surface area contributed by atoms with E-state index in [4.69, 9.17) is 21.1 Å². The van der Waals surface area contributed by atoms with E-state index in [1.165, 1.54) is 29.2 Å². The van der Waals surface area contributed by atoms with Crippen LogP contribution < -0.4 is 9.64 Å². The number of benzene rings is 3. The van der Waals surface area contributed by atoms with E-state index in [0.717, 1.165) is 0 Å². The molecule has 3 aromatic rings. The van der Waals surface area contributed by atoms with Gasteiger partial charge in [0, 0.05) is 31.9 Å². The number of para-hydroxylation sites is 1. The van der Waals surface area contributed by atoms with Crippen LogP contribution in [-0.4, -0.2) is 65.4 Å². The first-order valence-electron chi connectivity index (χ1n) is 13.3. The highest BCUT2D eigenvalue weighted by Gasteiger charge is 2.37. The first-order valence-corrected chi connectivity index (χ1v) is 13.8. The van der Waals surface area contributed by atoms with Crippen molar-refractivity contribution in [1.29, 1.82) is 0 Å². The van der Waals surface area contributed by atoms with Gasteiger partial charge in [-0.25, -0.2) is 9.18 Å². The number of nitrogens with zero attached hydrogens (tertiary/aromatic N) is 3. The van der Waals surface area contributed by atoms with Crippen molar-refractivity contribution in [2.75, 3.05) is 37.0 Å². The molecule has 0 aromatic heterocycles. The Morgan fingerprint density at radius 1 is 0.854 bits per heavy atom. The van der Waals surface area contributed by atoms with Crippen LogP contribution in [0.15, 0.2) is 78.9 Å². The Morgan fingerprint density at radius 2 is 1.41 bits per heavy atom. The van der Waals surface area contributed by atoms with Crippen LogP contribution in [0.4, 0.5) is 14.9 Å². The number of ether oxygens (including phenoxy) is 2. The molecular formula is C31H33ClFN3O5. The molecule has 1 fully saturated rings. The van der Waals surface area contributed by atoms with Crippen LogP contribution in [0, 0.1) is 5.82 Å². The SMILES string of the molecule is CC(C)(C)OC(=O)N1CCN(C(=O)[C@H](c2ccc(F)cc2)N(C(=O)CCl)c2ccc(Oc3ccccc3)cc2)CC1. The first kappa shape index (κ1) is 29.9. The smallest absolute Gasteiger partial charge is 0.410 e. The Bertz CT molecular complexity index is 1340. The Labute approximate surface area is 244 Å². The van der Waals surface area contributed by atoms with Gasteiger partial charge in [0.1, 0.15) is 34.8 Å². The van der Waals surface area contributed by atoms with Gasteiger partial charge in [-0.15, -0.1) is 11.6 Å². The molecule has 1 aliphatic heterocycles. The number of hydrogen-bond acceptors (Lipinski definition) is 5. The standard InChI is InChI=1S/C31H33ClFN3O5/c1-31(2,3)41-30(39)35-19-17-34(18-20-35)29(38)28(22-9-11-23(33)12-10-22)36(27(37)21-32)24-13-15-26(16-14-24)40-25-7-5-4-6-8-25/h4-16,28H,17-21H2,1-3H3/t28-/m0/s1. The molecule has 1 atom stereocenters. The molecule has 1 aliphatic rings. The molecule has 0 spiro atoms. The number of rotatable bonds is 7. The average Bonchev–Trinajstić information content (AvgIpc) is 2.96.